The van der Waals surface area contributed by atoms with Crippen molar-refractivity contribution in [3.63, 3.8) is 0 Å². The number of ether oxygens (including phenoxy) is 1. The Morgan fingerprint density at radius 3 is 2.60 bits per heavy atom. The molecule has 1 aliphatic rings. The Kier molecular flexibility index (Phi) is 5.78. The molecular weight excluding hydrogens is 426 g/mol. The minimum absolute atomic E-state index is 0.00189. The van der Waals surface area contributed by atoms with Gasteiger partial charge in [0, 0.05) is 11.6 Å². The summed E-state index contributed by atoms with van der Waals surface area (Å²) in [6.45, 7) is -0.238. The van der Waals surface area contributed by atoms with E-state index in [1.165, 1.54) is 0 Å². The van der Waals surface area contributed by atoms with Gasteiger partial charge in [-0.2, -0.15) is 5.10 Å². The fourth-order valence-electron chi connectivity index (χ4n) is 3.37. The van der Waals surface area contributed by atoms with Crippen molar-refractivity contribution in [2.24, 2.45) is 0 Å². The van der Waals surface area contributed by atoms with E-state index < -0.39 is 15.7 Å². The Labute approximate surface area is 179 Å². The minimum Gasteiger partial charge on any atom is -0.482 e. The van der Waals surface area contributed by atoms with E-state index >= 15 is 0 Å². The molecule has 1 aliphatic heterocycles. The molecule has 0 unspecified atom stereocenters. The highest BCUT2D eigenvalue weighted by Crippen LogP contribution is 2.30. The molecule has 7 nitrogen and oxygen atoms in total. The molecule has 1 atom stereocenters. The van der Waals surface area contributed by atoms with Crippen LogP contribution in [0, 0.1) is 0 Å². The van der Waals surface area contributed by atoms with Crippen molar-refractivity contribution in [2.75, 3.05) is 23.4 Å². The zero-order valence-electron chi connectivity index (χ0n) is 16.0. The molecule has 0 radical (unpaired) electrons. The molecule has 2 aromatic carbocycles. The van der Waals surface area contributed by atoms with Crippen LogP contribution in [0.1, 0.15) is 12.5 Å². The Balaban J connectivity index is 1.55. The van der Waals surface area contributed by atoms with Gasteiger partial charge in [0.05, 0.1) is 28.3 Å². The smallest absolute Gasteiger partial charge is 0.263 e. The monoisotopic (exact) mass is 445 g/mol. The number of sulfone groups is 1. The van der Waals surface area contributed by atoms with Gasteiger partial charge in [-0.3, -0.25) is 4.79 Å². The first-order chi connectivity index (χ1) is 14.4. The van der Waals surface area contributed by atoms with Gasteiger partial charge in [0.2, 0.25) is 0 Å². The van der Waals surface area contributed by atoms with Crippen molar-refractivity contribution in [1.82, 2.24) is 9.78 Å². The minimum atomic E-state index is -3.11. The number of benzene rings is 2. The van der Waals surface area contributed by atoms with Crippen LogP contribution in [0.15, 0.2) is 60.7 Å². The maximum absolute atomic E-state index is 12.5. The number of aromatic nitrogens is 2. The molecule has 30 heavy (non-hydrogen) atoms. The largest absolute Gasteiger partial charge is 0.482 e. The van der Waals surface area contributed by atoms with E-state index in [9.17, 15) is 13.2 Å². The maximum Gasteiger partial charge on any atom is 0.263 e. The molecule has 0 spiro atoms. The standard InChI is InChI=1S/C21H20ClN3O4S/c22-17-8-4-5-9-19(17)29-13-21(26)23-20-12-18(15-6-2-1-3-7-15)24-25(20)16-10-11-30(27,28)14-16/h1-9,12,16H,10-11,13-14H2,(H,23,26)/t16-/m0/s1. The van der Waals surface area contributed by atoms with E-state index in [1.54, 1.807) is 35.0 Å². The predicted octanol–water partition coefficient (Wildman–Crippen LogP) is 3.58. The zero-order chi connectivity index (χ0) is 21.1. The van der Waals surface area contributed by atoms with Crippen molar-refractivity contribution in [3.05, 3.63) is 65.7 Å². The lowest BCUT2D eigenvalue weighted by atomic mass is 10.1. The summed E-state index contributed by atoms with van der Waals surface area (Å²) in [7, 11) is -3.11. The quantitative estimate of drug-likeness (QED) is 0.626. The number of hydrogen-bond donors (Lipinski definition) is 1. The van der Waals surface area contributed by atoms with Crippen LogP contribution in [0.2, 0.25) is 5.02 Å². The normalized spacial score (nSPS) is 17.6. The van der Waals surface area contributed by atoms with Crippen LogP contribution in [-0.2, 0) is 14.6 Å². The van der Waals surface area contributed by atoms with Crippen molar-refractivity contribution in [1.29, 1.82) is 0 Å². The molecule has 9 heteroatoms. The van der Waals surface area contributed by atoms with Gasteiger partial charge in [0.1, 0.15) is 11.6 Å². The van der Waals surface area contributed by atoms with Crippen LogP contribution >= 0.6 is 11.6 Å². The number of amides is 1. The first-order valence-electron chi connectivity index (χ1n) is 9.44. The van der Waals surface area contributed by atoms with Crippen LogP contribution in [-0.4, -0.2) is 42.2 Å². The molecule has 156 valence electrons. The Morgan fingerprint density at radius 2 is 1.90 bits per heavy atom. The van der Waals surface area contributed by atoms with E-state index in [2.05, 4.69) is 10.4 Å². The second-order valence-electron chi connectivity index (χ2n) is 7.05. The van der Waals surface area contributed by atoms with Crippen LogP contribution in [0.5, 0.6) is 5.75 Å². The van der Waals surface area contributed by atoms with E-state index in [-0.39, 0.29) is 24.2 Å². The number of para-hydroxylation sites is 1. The number of nitrogens with zero attached hydrogens (tertiary/aromatic N) is 2. The van der Waals surface area contributed by atoms with Gasteiger partial charge < -0.3 is 10.1 Å². The highest BCUT2D eigenvalue weighted by atomic mass is 35.5. The second kappa shape index (κ2) is 8.49. The van der Waals surface area contributed by atoms with Crippen molar-refractivity contribution >= 4 is 33.2 Å². The topological polar surface area (TPSA) is 90.3 Å². The van der Waals surface area contributed by atoms with Gasteiger partial charge in [-0.15, -0.1) is 0 Å². The molecule has 0 saturated carbocycles. The number of carbonyl (C=O) groups is 1. The summed E-state index contributed by atoms with van der Waals surface area (Å²) in [5.41, 5.74) is 1.53. The first kappa shape index (κ1) is 20.4. The molecule has 0 aliphatic carbocycles. The summed E-state index contributed by atoms with van der Waals surface area (Å²) < 4.78 is 31.0. The van der Waals surface area contributed by atoms with Gasteiger partial charge in [0.25, 0.3) is 5.91 Å². The number of rotatable bonds is 6. The first-order valence-corrected chi connectivity index (χ1v) is 11.6. The van der Waals surface area contributed by atoms with Crippen molar-refractivity contribution in [3.8, 4) is 17.0 Å². The van der Waals surface area contributed by atoms with Crippen LogP contribution < -0.4 is 10.1 Å². The van der Waals surface area contributed by atoms with Crippen LogP contribution in [0.25, 0.3) is 11.3 Å². The third-order valence-electron chi connectivity index (χ3n) is 4.82. The average molecular weight is 446 g/mol. The number of hydrogen-bond acceptors (Lipinski definition) is 5. The van der Waals surface area contributed by atoms with E-state index in [4.69, 9.17) is 16.3 Å². The molecule has 1 amide bonds. The molecule has 2 heterocycles. The summed E-state index contributed by atoms with van der Waals surface area (Å²) in [5, 5.41) is 7.80. The lowest BCUT2D eigenvalue weighted by Crippen LogP contribution is -2.23. The maximum atomic E-state index is 12.5. The summed E-state index contributed by atoms with van der Waals surface area (Å²) in [5.74, 6) is 0.568. The van der Waals surface area contributed by atoms with Gasteiger partial charge in [-0.25, -0.2) is 13.1 Å². The van der Waals surface area contributed by atoms with Gasteiger partial charge in [0.15, 0.2) is 16.4 Å². The van der Waals surface area contributed by atoms with E-state index in [0.29, 0.717) is 28.7 Å². The second-order valence-corrected chi connectivity index (χ2v) is 9.69. The molecule has 1 aromatic heterocycles. The third kappa shape index (κ3) is 4.66. The molecular formula is C21H20ClN3O4S. The van der Waals surface area contributed by atoms with Crippen LogP contribution in [0.3, 0.4) is 0 Å². The van der Waals surface area contributed by atoms with E-state index in [1.807, 2.05) is 30.3 Å². The molecule has 3 aromatic rings. The number of anilines is 1. The van der Waals surface area contributed by atoms with Crippen molar-refractivity contribution < 1.29 is 17.9 Å². The highest BCUT2D eigenvalue weighted by molar-refractivity contribution is 7.91. The molecule has 0 bridgehead atoms. The lowest BCUT2D eigenvalue weighted by Gasteiger charge is -2.14. The molecule has 1 fully saturated rings. The Morgan fingerprint density at radius 1 is 1.17 bits per heavy atom. The predicted molar refractivity (Wildman–Crippen MR) is 116 cm³/mol. The fraction of sp³-hybridized carbons (Fsp3) is 0.238. The summed E-state index contributed by atoms with van der Waals surface area (Å²) >= 11 is 6.05. The number of nitrogens with one attached hydrogen (secondary N) is 1. The molecule has 4 rings (SSSR count). The highest BCUT2D eigenvalue weighted by Gasteiger charge is 2.31. The zero-order valence-corrected chi connectivity index (χ0v) is 17.6. The Hall–Kier alpha value is -2.84. The van der Waals surface area contributed by atoms with Gasteiger partial charge in [-0.05, 0) is 18.6 Å². The lowest BCUT2D eigenvalue weighted by molar-refractivity contribution is -0.118. The number of carbonyl (C=O) groups excluding carboxylic acids is 1. The molecule has 1 N–H and O–H groups in total. The fourth-order valence-corrected chi connectivity index (χ4v) is 5.25. The van der Waals surface area contributed by atoms with Gasteiger partial charge >= 0.3 is 0 Å². The van der Waals surface area contributed by atoms with Gasteiger partial charge in [-0.1, -0.05) is 54.1 Å². The summed E-state index contributed by atoms with van der Waals surface area (Å²) in [6, 6.07) is 17.8. The Bertz CT molecular complexity index is 1160. The summed E-state index contributed by atoms with van der Waals surface area (Å²) in [4.78, 5) is 12.5. The SMILES string of the molecule is O=C(COc1ccccc1Cl)Nc1cc(-c2ccccc2)nn1[C@H]1CCS(=O)(=O)C1. The van der Waals surface area contributed by atoms with E-state index in [0.717, 1.165) is 5.56 Å². The third-order valence-corrected chi connectivity index (χ3v) is 6.89. The summed E-state index contributed by atoms with van der Waals surface area (Å²) in [6.07, 6.45) is 0.456. The number of halogens is 1. The van der Waals surface area contributed by atoms with Crippen LogP contribution in [0.4, 0.5) is 5.82 Å². The molecule has 1 saturated heterocycles. The van der Waals surface area contributed by atoms with Crippen molar-refractivity contribution in [2.45, 2.75) is 12.5 Å². The average Bonchev–Trinajstić information content (AvgIpc) is 3.31.